The van der Waals surface area contributed by atoms with E-state index in [1.807, 2.05) is 12.1 Å². The van der Waals surface area contributed by atoms with Gasteiger partial charge in [-0.2, -0.15) is 0 Å². The maximum absolute atomic E-state index is 12.1. The van der Waals surface area contributed by atoms with Crippen LogP contribution < -0.4 is 4.74 Å². The third-order valence-corrected chi connectivity index (χ3v) is 3.84. The van der Waals surface area contributed by atoms with Gasteiger partial charge in [0.2, 0.25) is 0 Å². The fourth-order valence-electron chi connectivity index (χ4n) is 2.34. The summed E-state index contributed by atoms with van der Waals surface area (Å²) >= 11 is 5.76. The Kier molecular flexibility index (Phi) is 6.09. The molecule has 0 atom stereocenters. The SMILES string of the molecule is CCCOc1c(C(C)(C)C)cc(C(=O)CCl)cc1C(C)(C)C. The first-order valence-electron chi connectivity index (χ1n) is 7.93. The van der Waals surface area contributed by atoms with Crippen LogP contribution in [-0.2, 0) is 10.8 Å². The van der Waals surface area contributed by atoms with Gasteiger partial charge >= 0.3 is 0 Å². The van der Waals surface area contributed by atoms with Crippen molar-refractivity contribution in [3.63, 3.8) is 0 Å². The van der Waals surface area contributed by atoms with Gasteiger partial charge < -0.3 is 4.74 Å². The van der Waals surface area contributed by atoms with Gasteiger partial charge in [-0.05, 0) is 29.4 Å². The first kappa shape index (κ1) is 19.0. The maximum atomic E-state index is 12.1. The second kappa shape index (κ2) is 7.04. The molecular weight excluding hydrogens is 296 g/mol. The average Bonchev–Trinajstić information content (AvgIpc) is 2.41. The minimum absolute atomic E-state index is 0.00231. The molecule has 0 saturated heterocycles. The zero-order valence-electron chi connectivity index (χ0n) is 15.0. The Bertz CT molecular complexity index is 498. The minimum Gasteiger partial charge on any atom is -0.493 e. The first-order chi connectivity index (χ1) is 10.0. The number of rotatable bonds is 5. The topological polar surface area (TPSA) is 26.3 Å². The second-order valence-electron chi connectivity index (χ2n) is 7.81. The van der Waals surface area contributed by atoms with E-state index < -0.39 is 0 Å². The Morgan fingerprint density at radius 2 is 1.50 bits per heavy atom. The van der Waals surface area contributed by atoms with Crippen LogP contribution in [0.3, 0.4) is 0 Å². The van der Waals surface area contributed by atoms with Gasteiger partial charge in [0.15, 0.2) is 5.78 Å². The molecule has 0 spiro atoms. The van der Waals surface area contributed by atoms with E-state index >= 15 is 0 Å². The van der Waals surface area contributed by atoms with E-state index in [1.165, 1.54) is 0 Å². The quantitative estimate of drug-likeness (QED) is 0.528. The van der Waals surface area contributed by atoms with E-state index in [4.69, 9.17) is 16.3 Å². The molecule has 0 aliphatic carbocycles. The van der Waals surface area contributed by atoms with E-state index in [-0.39, 0.29) is 22.5 Å². The lowest BCUT2D eigenvalue weighted by Gasteiger charge is -2.30. The first-order valence-corrected chi connectivity index (χ1v) is 8.46. The normalized spacial score (nSPS) is 12.4. The number of ether oxygens (including phenoxy) is 1. The van der Waals surface area contributed by atoms with E-state index in [0.717, 1.165) is 23.3 Å². The number of hydrogen-bond donors (Lipinski definition) is 0. The van der Waals surface area contributed by atoms with Crippen LogP contribution in [0.25, 0.3) is 0 Å². The van der Waals surface area contributed by atoms with Gasteiger partial charge in [0, 0.05) is 16.7 Å². The highest BCUT2D eigenvalue weighted by Gasteiger charge is 2.28. The molecule has 3 heteroatoms. The standard InChI is InChI=1S/C19H29ClO2/c1-8-9-22-17-14(18(2,3)4)10-13(16(21)12-20)11-15(17)19(5,6)7/h10-11H,8-9,12H2,1-7H3. The van der Waals surface area contributed by atoms with Crippen molar-refractivity contribution < 1.29 is 9.53 Å². The summed E-state index contributed by atoms with van der Waals surface area (Å²) in [4.78, 5) is 12.1. The van der Waals surface area contributed by atoms with Crippen LogP contribution in [0.2, 0.25) is 0 Å². The van der Waals surface area contributed by atoms with Gasteiger partial charge in [-0.1, -0.05) is 48.5 Å². The van der Waals surface area contributed by atoms with Crippen molar-refractivity contribution >= 4 is 17.4 Å². The van der Waals surface area contributed by atoms with Crippen molar-refractivity contribution in [2.45, 2.75) is 65.7 Å². The molecule has 1 aromatic carbocycles. The van der Waals surface area contributed by atoms with Crippen LogP contribution in [0.1, 0.15) is 76.4 Å². The average molecular weight is 325 g/mol. The van der Waals surface area contributed by atoms with E-state index in [1.54, 1.807) is 0 Å². The van der Waals surface area contributed by atoms with Crippen LogP contribution in [0, 0.1) is 0 Å². The fraction of sp³-hybridized carbons (Fsp3) is 0.632. The summed E-state index contributed by atoms with van der Waals surface area (Å²) < 4.78 is 6.09. The lowest BCUT2D eigenvalue weighted by molar-refractivity contribution is 0.102. The van der Waals surface area contributed by atoms with E-state index in [9.17, 15) is 4.79 Å². The molecule has 0 saturated carbocycles. The molecule has 0 amide bonds. The highest BCUT2D eigenvalue weighted by molar-refractivity contribution is 6.30. The molecule has 0 heterocycles. The summed E-state index contributed by atoms with van der Waals surface area (Å²) in [5.41, 5.74) is 2.61. The molecule has 1 rings (SSSR count). The summed E-state index contributed by atoms with van der Waals surface area (Å²) in [5, 5.41) is 0. The number of hydrogen-bond acceptors (Lipinski definition) is 2. The summed E-state index contributed by atoms with van der Waals surface area (Å²) in [6.07, 6.45) is 0.954. The Balaban J connectivity index is 3.65. The van der Waals surface area contributed by atoms with E-state index in [0.29, 0.717) is 12.2 Å². The number of carbonyl (C=O) groups excluding carboxylic acids is 1. The van der Waals surface area contributed by atoms with Crippen molar-refractivity contribution in [3.05, 3.63) is 28.8 Å². The molecule has 22 heavy (non-hydrogen) atoms. The number of carbonyl (C=O) groups is 1. The van der Waals surface area contributed by atoms with Crippen LogP contribution in [0.5, 0.6) is 5.75 Å². The molecule has 0 aliphatic heterocycles. The summed E-state index contributed by atoms with van der Waals surface area (Å²) in [6.45, 7) is 15.6. The van der Waals surface area contributed by atoms with Gasteiger partial charge in [-0.3, -0.25) is 4.79 Å². The number of alkyl halides is 1. The third kappa shape index (κ3) is 4.49. The van der Waals surface area contributed by atoms with Gasteiger partial charge in [-0.15, -0.1) is 11.6 Å². The number of Topliss-reactive ketones (excluding diaryl/α,β-unsaturated/α-hetero) is 1. The monoisotopic (exact) mass is 324 g/mol. The predicted molar refractivity (Wildman–Crippen MR) is 94.7 cm³/mol. The smallest absolute Gasteiger partial charge is 0.177 e. The van der Waals surface area contributed by atoms with Crippen molar-refractivity contribution in [2.24, 2.45) is 0 Å². The molecule has 124 valence electrons. The Hall–Kier alpha value is -1.02. The lowest BCUT2D eigenvalue weighted by atomic mass is 9.78. The number of ketones is 1. The molecule has 0 N–H and O–H groups in total. The van der Waals surface area contributed by atoms with Crippen molar-refractivity contribution in [1.29, 1.82) is 0 Å². The molecule has 0 aromatic heterocycles. The molecule has 2 nitrogen and oxygen atoms in total. The van der Waals surface area contributed by atoms with E-state index in [2.05, 4.69) is 48.5 Å². The summed E-state index contributed by atoms with van der Waals surface area (Å²) in [7, 11) is 0. The molecule has 0 radical (unpaired) electrons. The largest absolute Gasteiger partial charge is 0.493 e. The van der Waals surface area contributed by atoms with Crippen LogP contribution >= 0.6 is 11.6 Å². The highest BCUT2D eigenvalue weighted by atomic mass is 35.5. The maximum Gasteiger partial charge on any atom is 0.177 e. The van der Waals surface area contributed by atoms with Gasteiger partial charge in [0.05, 0.1) is 12.5 Å². The molecule has 0 bridgehead atoms. The van der Waals surface area contributed by atoms with Crippen molar-refractivity contribution in [1.82, 2.24) is 0 Å². The van der Waals surface area contributed by atoms with Gasteiger partial charge in [0.25, 0.3) is 0 Å². The molecule has 0 fully saturated rings. The summed E-state index contributed by atoms with van der Waals surface area (Å²) in [6, 6.07) is 3.90. The van der Waals surface area contributed by atoms with Crippen LogP contribution in [0.4, 0.5) is 0 Å². The van der Waals surface area contributed by atoms with Gasteiger partial charge in [0.1, 0.15) is 5.75 Å². The molecule has 0 unspecified atom stereocenters. The number of halogens is 1. The lowest BCUT2D eigenvalue weighted by Crippen LogP contribution is -2.21. The Morgan fingerprint density at radius 3 is 1.82 bits per heavy atom. The van der Waals surface area contributed by atoms with Crippen LogP contribution in [0.15, 0.2) is 12.1 Å². The molecule has 0 aliphatic rings. The van der Waals surface area contributed by atoms with Crippen molar-refractivity contribution in [2.75, 3.05) is 12.5 Å². The van der Waals surface area contributed by atoms with Gasteiger partial charge in [-0.25, -0.2) is 0 Å². The minimum atomic E-state index is -0.105. The fourth-order valence-corrected chi connectivity index (χ4v) is 2.50. The Morgan fingerprint density at radius 1 is 1.05 bits per heavy atom. The molecular formula is C19H29ClO2. The molecule has 1 aromatic rings. The third-order valence-electron chi connectivity index (χ3n) is 3.60. The summed E-state index contributed by atoms with van der Waals surface area (Å²) in [5.74, 6) is 0.884. The predicted octanol–water partition coefficient (Wildman–Crippen LogP) is 5.49. The zero-order valence-corrected chi connectivity index (χ0v) is 15.7. The van der Waals surface area contributed by atoms with Crippen molar-refractivity contribution in [3.8, 4) is 5.75 Å². The number of benzene rings is 1. The second-order valence-corrected chi connectivity index (χ2v) is 8.07. The zero-order chi connectivity index (χ0) is 17.1. The van der Waals surface area contributed by atoms with Crippen LogP contribution in [-0.4, -0.2) is 18.3 Å². The Labute approximate surface area is 140 Å². The highest BCUT2D eigenvalue weighted by Crippen LogP contribution is 2.41.